The molecule has 2 N–H and O–H groups in total. The lowest BCUT2D eigenvalue weighted by atomic mass is 9.81. The van der Waals surface area contributed by atoms with Gasteiger partial charge in [-0.1, -0.05) is 42.5 Å². The first-order chi connectivity index (χ1) is 21.4. The molecular weight excluding hydrogens is 560 g/mol. The number of nitrogens with zero attached hydrogens (tertiary/aromatic N) is 2. The molecule has 0 unspecified atom stereocenters. The highest BCUT2D eigenvalue weighted by atomic mass is 16.5. The van der Waals surface area contributed by atoms with Gasteiger partial charge < -0.3 is 20.1 Å². The molecular formula is C34H38N4O6. The lowest BCUT2D eigenvalue weighted by Gasteiger charge is -2.28. The number of ether oxygens (including phenoxy) is 2. The third-order valence-electron chi connectivity index (χ3n) is 8.28. The quantitative estimate of drug-likeness (QED) is 0.270. The number of para-hydroxylation sites is 1. The molecule has 2 amide bonds. The summed E-state index contributed by atoms with van der Waals surface area (Å²) in [7, 11) is 3.04. The number of hydrogen-bond acceptors (Lipinski definition) is 6. The third-order valence-corrected chi connectivity index (χ3v) is 8.28. The van der Waals surface area contributed by atoms with Gasteiger partial charge in [0.25, 0.3) is 5.56 Å². The van der Waals surface area contributed by atoms with E-state index in [9.17, 15) is 19.2 Å². The van der Waals surface area contributed by atoms with Crippen LogP contribution in [-0.2, 0) is 29.1 Å². The zero-order valence-corrected chi connectivity index (χ0v) is 25.1. The number of anilines is 1. The van der Waals surface area contributed by atoms with Gasteiger partial charge in [0.15, 0.2) is 0 Å². The Bertz CT molecular complexity index is 1720. The Morgan fingerprint density at radius 2 is 1.50 bits per heavy atom. The van der Waals surface area contributed by atoms with Crippen molar-refractivity contribution in [3.8, 4) is 11.5 Å². The lowest BCUT2D eigenvalue weighted by Crippen LogP contribution is -2.43. The summed E-state index contributed by atoms with van der Waals surface area (Å²) in [6, 6.07) is 21.9. The summed E-state index contributed by atoms with van der Waals surface area (Å²) in [4.78, 5) is 53.1. The van der Waals surface area contributed by atoms with Gasteiger partial charge in [-0.3, -0.25) is 23.5 Å². The van der Waals surface area contributed by atoms with Crippen molar-refractivity contribution in [1.82, 2.24) is 14.5 Å². The van der Waals surface area contributed by atoms with E-state index in [2.05, 4.69) is 10.6 Å². The standard InChI is InChI=1S/C34H38N4O6/c1-43-27-18-26(19-28(20-27)44-2)36-31(39)22-37-30-11-7-6-10-29(30)33(41)38(34(37)42)21-24-12-14-25(15-13-24)32(40)35-17-16-23-8-4-3-5-9-23/h3-11,18-20,24-25H,12-17,21-22H2,1-2H3,(H,35,40)(H,36,39). The molecule has 0 aliphatic heterocycles. The van der Waals surface area contributed by atoms with Gasteiger partial charge in [0.2, 0.25) is 11.8 Å². The van der Waals surface area contributed by atoms with Crippen LogP contribution in [0.25, 0.3) is 10.9 Å². The predicted octanol–water partition coefficient (Wildman–Crippen LogP) is 3.98. The first-order valence-corrected chi connectivity index (χ1v) is 14.9. The van der Waals surface area contributed by atoms with Gasteiger partial charge in [0.05, 0.1) is 25.1 Å². The molecule has 0 atom stereocenters. The lowest BCUT2D eigenvalue weighted by molar-refractivity contribution is -0.126. The van der Waals surface area contributed by atoms with E-state index in [-0.39, 0.29) is 36.4 Å². The summed E-state index contributed by atoms with van der Waals surface area (Å²) in [5.41, 5.74) is 1.13. The number of nitrogens with one attached hydrogen (secondary N) is 2. The molecule has 230 valence electrons. The van der Waals surface area contributed by atoms with Crippen LogP contribution in [0.5, 0.6) is 11.5 Å². The summed E-state index contributed by atoms with van der Waals surface area (Å²) >= 11 is 0. The SMILES string of the molecule is COc1cc(NC(=O)Cn2c(=O)n(CC3CCC(C(=O)NCCc4ccccc4)CC3)c(=O)c3ccccc32)cc(OC)c1. The fraction of sp³-hybridized carbons (Fsp3) is 0.353. The van der Waals surface area contributed by atoms with Crippen LogP contribution in [0.2, 0.25) is 0 Å². The van der Waals surface area contributed by atoms with Gasteiger partial charge in [0.1, 0.15) is 18.0 Å². The number of hydrogen-bond donors (Lipinski definition) is 2. The number of rotatable bonds is 11. The zero-order valence-electron chi connectivity index (χ0n) is 25.1. The predicted molar refractivity (Wildman–Crippen MR) is 169 cm³/mol. The maximum absolute atomic E-state index is 13.7. The van der Waals surface area contributed by atoms with E-state index in [0.717, 1.165) is 19.3 Å². The molecule has 5 rings (SSSR count). The van der Waals surface area contributed by atoms with Crippen LogP contribution in [0.3, 0.4) is 0 Å². The van der Waals surface area contributed by atoms with Crippen LogP contribution in [0.4, 0.5) is 5.69 Å². The van der Waals surface area contributed by atoms with Crippen LogP contribution in [0, 0.1) is 11.8 Å². The van der Waals surface area contributed by atoms with E-state index in [4.69, 9.17) is 9.47 Å². The molecule has 44 heavy (non-hydrogen) atoms. The Morgan fingerprint density at radius 1 is 0.841 bits per heavy atom. The number of carbonyl (C=O) groups excluding carboxylic acids is 2. The van der Waals surface area contributed by atoms with Crippen molar-refractivity contribution in [3.63, 3.8) is 0 Å². The molecule has 3 aromatic carbocycles. The highest BCUT2D eigenvalue weighted by molar-refractivity contribution is 5.92. The van der Waals surface area contributed by atoms with Gasteiger partial charge in [-0.2, -0.15) is 0 Å². The molecule has 0 spiro atoms. The maximum Gasteiger partial charge on any atom is 0.331 e. The highest BCUT2D eigenvalue weighted by Crippen LogP contribution is 2.30. The molecule has 1 aliphatic carbocycles. The van der Waals surface area contributed by atoms with Crippen molar-refractivity contribution >= 4 is 28.4 Å². The summed E-state index contributed by atoms with van der Waals surface area (Å²) in [6.07, 6.45) is 3.64. The van der Waals surface area contributed by atoms with E-state index < -0.39 is 11.6 Å². The Balaban J connectivity index is 1.26. The van der Waals surface area contributed by atoms with E-state index in [1.165, 1.54) is 28.9 Å². The van der Waals surface area contributed by atoms with Crippen LogP contribution in [0.15, 0.2) is 82.4 Å². The minimum atomic E-state index is -0.534. The highest BCUT2D eigenvalue weighted by Gasteiger charge is 2.27. The monoisotopic (exact) mass is 598 g/mol. The minimum absolute atomic E-state index is 0.0595. The molecule has 4 aromatic rings. The minimum Gasteiger partial charge on any atom is -0.497 e. The smallest absolute Gasteiger partial charge is 0.331 e. The second kappa shape index (κ2) is 14.1. The second-order valence-electron chi connectivity index (χ2n) is 11.2. The summed E-state index contributed by atoms with van der Waals surface area (Å²) < 4.78 is 13.2. The largest absolute Gasteiger partial charge is 0.497 e. The molecule has 10 nitrogen and oxygen atoms in total. The fourth-order valence-electron chi connectivity index (χ4n) is 5.89. The molecule has 1 aromatic heterocycles. The number of aromatic nitrogens is 2. The van der Waals surface area contributed by atoms with Crippen molar-refractivity contribution in [1.29, 1.82) is 0 Å². The van der Waals surface area contributed by atoms with Gasteiger partial charge in [-0.15, -0.1) is 0 Å². The van der Waals surface area contributed by atoms with E-state index in [1.54, 1.807) is 42.5 Å². The van der Waals surface area contributed by atoms with Crippen molar-refractivity contribution in [2.45, 2.75) is 45.2 Å². The molecule has 1 aliphatic rings. The summed E-state index contributed by atoms with van der Waals surface area (Å²) in [5.74, 6) is 0.638. The first kappa shape index (κ1) is 30.6. The molecule has 10 heteroatoms. The second-order valence-corrected chi connectivity index (χ2v) is 11.2. The Hall–Kier alpha value is -4.86. The third kappa shape index (κ3) is 7.19. The zero-order chi connectivity index (χ0) is 31.1. The fourth-order valence-corrected chi connectivity index (χ4v) is 5.89. The molecule has 1 heterocycles. The molecule has 0 saturated heterocycles. The van der Waals surface area contributed by atoms with Crippen LogP contribution in [0.1, 0.15) is 31.2 Å². The van der Waals surface area contributed by atoms with Crippen molar-refractivity contribution in [2.75, 3.05) is 26.1 Å². The maximum atomic E-state index is 13.7. The molecule has 1 saturated carbocycles. The first-order valence-electron chi connectivity index (χ1n) is 14.9. The van der Waals surface area contributed by atoms with Gasteiger partial charge in [-0.05, 0) is 55.7 Å². The van der Waals surface area contributed by atoms with E-state index in [0.29, 0.717) is 47.5 Å². The van der Waals surface area contributed by atoms with Crippen LogP contribution < -0.4 is 31.4 Å². The van der Waals surface area contributed by atoms with Crippen molar-refractivity contribution < 1.29 is 19.1 Å². The van der Waals surface area contributed by atoms with Crippen molar-refractivity contribution in [3.05, 3.63) is 99.2 Å². The van der Waals surface area contributed by atoms with Crippen LogP contribution in [-0.4, -0.2) is 41.7 Å². The summed E-state index contributed by atoms with van der Waals surface area (Å²) in [5, 5.41) is 6.23. The molecule has 1 fully saturated rings. The van der Waals surface area contributed by atoms with Crippen LogP contribution >= 0.6 is 0 Å². The van der Waals surface area contributed by atoms with Gasteiger partial charge in [-0.25, -0.2) is 4.79 Å². The topological polar surface area (TPSA) is 121 Å². The van der Waals surface area contributed by atoms with Crippen molar-refractivity contribution in [2.24, 2.45) is 11.8 Å². The van der Waals surface area contributed by atoms with Gasteiger partial charge in [0, 0.05) is 42.9 Å². The number of fused-ring (bicyclic) bond motifs is 1. The normalized spacial score (nSPS) is 16.3. The van der Waals surface area contributed by atoms with E-state index >= 15 is 0 Å². The Morgan fingerprint density at radius 3 is 2.18 bits per heavy atom. The summed E-state index contributed by atoms with van der Waals surface area (Å²) in [6.45, 7) is 0.544. The number of benzene rings is 3. The van der Waals surface area contributed by atoms with E-state index in [1.807, 2.05) is 30.3 Å². The molecule has 0 radical (unpaired) electrons. The Kier molecular flexibility index (Phi) is 9.79. The Labute approximate surface area is 255 Å². The number of amides is 2. The average molecular weight is 599 g/mol. The van der Waals surface area contributed by atoms with Gasteiger partial charge >= 0.3 is 5.69 Å². The number of carbonyl (C=O) groups is 2. The molecule has 0 bridgehead atoms. The average Bonchev–Trinajstić information content (AvgIpc) is 3.05. The number of methoxy groups -OCH3 is 2.